The number of carbonyl (C=O) groups is 5. The Morgan fingerprint density at radius 2 is 1.17 bits per heavy atom. The minimum Gasteiger partial charge on any atom is -0.461 e. The number of rotatable bonds is 8. The van der Waals surface area contributed by atoms with Gasteiger partial charge >= 0.3 is 29.8 Å². The van der Waals surface area contributed by atoms with E-state index in [-0.39, 0.29) is 49.7 Å². The molecule has 0 aromatic heterocycles. The lowest BCUT2D eigenvalue weighted by Gasteiger charge is -2.48. The van der Waals surface area contributed by atoms with Gasteiger partial charge in [-0.1, -0.05) is 27.7 Å². The zero-order chi connectivity index (χ0) is 32.9. The molecule has 13 heteroatoms. The van der Waals surface area contributed by atoms with Gasteiger partial charge < -0.3 is 37.9 Å². The van der Waals surface area contributed by atoms with Crippen LogP contribution in [0.4, 0.5) is 0 Å². The molecule has 0 radical (unpaired) electrons. The Balaban J connectivity index is 0.960. The summed E-state index contributed by atoms with van der Waals surface area (Å²) in [6, 6.07) is 8.75. The van der Waals surface area contributed by atoms with Crippen LogP contribution < -0.4 is 0 Å². The van der Waals surface area contributed by atoms with Gasteiger partial charge in [-0.15, -0.1) is 0 Å². The molecule has 6 rings (SSSR count). The zero-order valence-corrected chi connectivity index (χ0v) is 25.9. The number of fused-ring (bicyclic) bond motifs is 2. The van der Waals surface area contributed by atoms with E-state index in [9.17, 15) is 24.0 Å². The van der Waals surface area contributed by atoms with Gasteiger partial charge in [-0.2, -0.15) is 0 Å². The number of benzene rings is 2. The van der Waals surface area contributed by atoms with Crippen LogP contribution in [-0.4, -0.2) is 82.1 Å². The fourth-order valence-electron chi connectivity index (χ4n) is 5.54. The lowest BCUT2D eigenvalue weighted by Crippen LogP contribution is -2.57. The van der Waals surface area contributed by atoms with Crippen molar-refractivity contribution in [3.8, 4) is 0 Å². The van der Waals surface area contributed by atoms with Crippen LogP contribution in [0.25, 0.3) is 0 Å². The molecular formula is C33H34O13. The Morgan fingerprint density at radius 3 is 1.72 bits per heavy atom. The average Bonchev–Trinajstić information content (AvgIpc) is 3.56. The highest BCUT2D eigenvalue weighted by Crippen LogP contribution is 2.39. The van der Waals surface area contributed by atoms with Crippen LogP contribution in [0.5, 0.6) is 0 Å². The molecule has 1 spiro atoms. The van der Waals surface area contributed by atoms with E-state index in [1.807, 2.05) is 27.7 Å². The molecule has 4 heterocycles. The van der Waals surface area contributed by atoms with Gasteiger partial charge in [0, 0.05) is 16.4 Å². The minimum atomic E-state index is -0.802. The van der Waals surface area contributed by atoms with Crippen molar-refractivity contribution in [2.75, 3.05) is 39.6 Å². The van der Waals surface area contributed by atoms with Crippen molar-refractivity contribution in [1.29, 1.82) is 0 Å². The third-order valence-corrected chi connectivity index (χ3v) is 8.39. The largest absolute Gasteiger partial charge is 0.461 e. The maximum atomic E-state index is 12.7. The molecule has 0 unspecified atom stereocenters. The van der Waals surface area contributed by atoms with Gasteiger partial charge in [0.05, 0.1) is 59.7 Å². The smallest absolute Gasteiger partial charge is 0.346 e. The van der Waals surface area contributed by atoms with Gasteiger partial charge in [-0.3, -0.25) is 0 Å². The SMILES string of the molecule is CC(C)(COC(=O)c1ccc2c(c1)COC2=O)C1OCC2(CO1)COC(C(C)(C)COC(=O)c1ccc3c(c1)C(=O)OC3=O)OC2. The molecule has 4 aliphatic rings. The zero-order valence-electron chi connectivity index (χ0n) is 25.9. The van der Waals surface area contributed by atoms with Crippen LogP contribution in [0, 0.1) is 16.2 Å². The quantitative estimate of drug-likeness (QED) is 0.235. The van der Waals surface area contributed by atoms with E-state index in [4.69, 9.17) is 33.2 Å². The lowest BCUT2D eigenvalue weighted by molar-refractivity contribution is -0.336. The van der Waals surface area contributed by atoms with Crippen molar-refractivity contribution in [3.05, 3.63) is 69.8 Å². The third-order valence-electron chi connectivity index (χ3n) is 8.39. The standard InChI is InChI=1S/C33H34O13/c1-31(2,12-40-24(34)18-5-7-21-20(9-18)11-39-26(21)36)29-42-14-33(15-43-29)16-44-30(45-17-33)32(3,4)13-41-25(35)19-6-8-22-23(10-19)28(38)46-27(22)37/h5-10,29-30H,11-17H2,1-4H3. The molecule has 13 nitrogen and oxygen atoms in total. The summed E-state index contributed by atoms with van der Waals surface area (Å²) < 4.78 is 45.0. The molecule has 46 heavy (non-hydrogen) atoms. The molecule has 0 saturated carbocycles. The van der Waals surface area contributed by atoms with Crippen LogP contribution in [0.2, 0.25) is 0 Å². The van der Waals surface area contributed by atoms with E-state index in [0.717, 1.165) is 0 Å². The first kappa shape index (κ1) is 31.8. The second-order valence-electron chi connectivity index (χ2n) is 13.4. The molecule has 2 fully saturated rings. The predicted octanol–water partition coefficient (Wildman–Crippen LogP) is 3.47. The van der Waals surface area contributed by atoms with Crippen molar-refractivity contribution in [2.24, 2.45) is 16.2 Å². The Kier molecular flexibility index (Phi) is 8.21. The normalized spacial score (nSPS) is 24.2. The Morgan fingerprint density at radius 1 is 0.696 bits per heavy atom. The maximum absolute atomic E-state index is 12.7. The highest BCUT2D eigenvalue weighted by Gasteiger charge is 2.48. The van der Waals surface area contributed by atoms with Gasteiger partial charge in [0.1, 0.15) is 19.8 Å². The first-order valence-electron chi connectivity index (χ1n) is 14.8. The second kappa shape index (κ2) is 11.9. The van der Waals surface area contributed by atoms with E-state index >= 15 is 0 Å². The summed E-state index contributed by atoms with van der Waals surface area (Å²) in [6.07, 6.45) is -1.33. The highest BCUT2D eigenvalue weighted by molar-refractivity contribution is 6.15. The number of carbonyl (C=O) groups excluding carboxylic acids is 5. The van der Waals surface area contributed by atoms with Crippen molar-refractivity contribution in [3.63, 3.8) is 0 Å². The molecule has 0 amide bonds. The first-order chi connectivity index (χ1) is 21.8. The van der Waals surface area contributed by atoms with Gasteiger partial charge in [0.15, 0.2) is 12.6 Å². The summed E-state index contributed by atoms with van der Waals surface area (Å²) in [5, 5.41) is 0. The van der Waals surface area contributed by atoms with Gasteiger partial charge in [-0.25, -0.2) is 24.0 Å². The molecule has 4 aliphatic heterocycles. The predicted molar refractivity (Wildman–Crippen MR) is 154 cm³/mol. The topological polar surface area (TPSA) is 159 Å². The second-order valence-corrected chi connectivity index (χ2v) is 13.4. The Labute approximate surface area is 264 Å². The molecule has 2 saturated heterocycles. The monoisotopic (exact) mass is 638 g/mol. The van der Waals surface area contributed by atoms with Gasteiger partial charge in [0.25, 0.3) is 0 Å². The number of esters is 5. The summed E-state index contributed by atoms with van der Waals surface area (Å²) in [5.41, 5.74) is -0.276. The third kappa shape index (κ3) is 6.15. The minimum absolute atomic E-state index is 0.0249. The number of ether oxygens (including phenoxy) is 8. The molecule has 2 aromatic rings. The summed E-state index contributed by atoms with van der Waals surface area (Å²) in [7, 11) is 0. The molecular weight excluding hydrogens is 604 g/mol. The average molecular weight is 639 g/mol. The van der Waals surface area contributed by atoms with Crippen molar-refractivity contribution in [1.82, 2.24) is 0 Å². The highest BCUT2D eigenvalue weighted by atomic mass is 16.7. The van der Waals surface area contributed by atoms with Crippen molar-refractivity contribution < 1.29 is 61.9 Å². The summed E-state index contributed by atoms with van der Waals surface area (Å²) in [6.45, 7) is 8.70. The van der Waals surface area contributed by atoms with E-state index in [1.54, 1.807) is 12.1 Å². The van der Waals surface area contributed by atoms with Crippen molar-refractivity contribution >= 4 is 29.8 Å². The van der Waals surface area contributed by atoms with Gasteiger partial charge in [-0.05, 0) is 36.4 Å². The Hall–Kier alpha value is -4.17. The summed E-state index contributed by atoms with van der Waals surface area (Å²) in [4.78, 5) is 60.6. The van der Waals surface area contributed by atoms with E-state index in [1.165, 1.54) is 24.3 Å². The van der Waals surface area contributed by atoms with Crippen LogP contribution in [0.3, 0.4) is 0 Å². The van der Waals surface area contributed by atoms with Crippen LogP contribution in [0.1, 0.15) is 85.0 Å². The first-order valence-corrected chi connectivity index (χ1v) is 14.8. The fourth-order valence-corrected chi connectivity index (χ4v) is 5.54. The van der Waals surface area contributed by atoms with E-state index < -0.39 is 58.7 Å². The van der Waals surface area contributed by atoms with Gasteiger partial charge in [0.2, 0.25) is 0 Å². The fraction of sp³-hybridized carbons (Fsp3) is 0.485. The number of cyclic esters (lactones) is 3. The lowest BCUT2D eigenvalue weighted by atomic mass is 9.86. The number of hydrogen-bond acceptors (Lipinski definition) is 13. The molecule has 0 bridgehead atoms. The van der Waals surface area contributed by atoms with E-state index in [2.05, 4.69) is 4.74 Å². The maximum Gasteiger partial charge on any atom is 0.346 e. The molecule has 0 atom stereocenters. The number of hydrogen-bond donors (Lipinski definition) is 0. The van der Waals surface area contributed by atoms with Crippen LogP contribution in [-0.2, 0) is 44.5 Å². The van der Waals surface area contributed by atoms with E-state index in [0.29, 0.717) is 29.9 Å². The molecule has 244 valence electrons. The Bertz CT molecular complexity index is 1590. The molecule has 0 aliphatic carbocycles. The van der Waals surface area contributed by atoms with Crippen LogP contribution in [0.15, 0.2) is 36.4 Å². The molecule has 2 aromatic carbocycles. The van der Waals surface area contributed by atoms with Crippen LogP contribution >= 0.6 is 0 Å². The summed E-state index contributed by atoms with van der Waals surface area (Å²) in [5.74, 6) is -3.14. The molecule has 0 N–H and O–H groups in total. The summed E-state index contributed by atoms with van der Waals surface area (Å²) >= 11 is 0. The van der Waals surface area contributed by atoms with Crippen molar-refractivity contribution in [2.45, 2.75) is 46.9 Å².